The summed E-state index contributed by atoms with van der Waals surface area (Å²) in [5, 5.41) is 13.4. The Morgan fingerprint density at radius 1 is 1.50 bits per heavy atom. The van der Waals surface area contributed by atoms with Gasteiger partial charge in [-0.1, -0.05) is 17.7 Å². The molecule has 0 saturated heterocycles. The summed E-state index contributed by atoms with van der Waals surface area (Å²) in [4.78, 5) is 12.7. The van der Waals surface area contributed by atoms with Gasteiger partial charge in [0.05, 0.1) is 17.3 Å². The molecule has 20 heavy (non-hydrogen) atoms. The number of anilines is 1. The molecule has 4 N–H and O–H groups in total. The summed E-state index contributed by atoms with van der Waals surface area (Å²) in [6, 6.07) is 5.50. The fourth-order valence-corrected chi connectivity index (χ4v) is 3.61. The maximum atomic E-state index is 12.2. The Kier molecular flexibility index (Phi) is 3.36. The summed E-state index contributed by atoms with van der Waals surface area (Å²) in [5.41, 5.74) is 6.36. The highest BCUT2D eigenvalue weighted by Crippen LogP contribution is 2.44. The van der Waals surface area contributed by atoms with Crippen molar-refractivity contribution < 1.29 is 9.90 Å². The Morgan fingerprint density at radius 3 is 2.85 bits per heavy atom. The van der Waals surface area contributed by atoms with Crippen molar-refractivity contribution in [2.45, 2.75) is 12.8 Å². The van der Waals surface area contributed by atoms with E-state index >= 15 is 0 Å². The van der Waals surface area contributed by atoms with Gasteiger partial charge >= 0.3 is 0 Å². The van der Waals surface area contributed by atoms with Crippen molar-refractivity contribution in [2.75, 3.05) is 18.9 Å². The zero-order valence-corrected chi connectivity index (χ0v) is 12.4. The van der Waals surface area contributed by atoms with Crippen molar-refractivity contribution >= 4 is 44.6 Å². The van der Waals surface area contributed by atoms with E-state index in [2.05, 4.69) is 5.32 Å². The molecular formula is C14H15ClN2O2S. The van der Waals surface area contributed by atoms with Crippen molar-refractivity contribution in [3.05, 3.63) is 28.1 Å². The molecule has 0 atom stereocenters. The third-order valence-corrected chi connectivity index (χ3v) is 5.31. The van der Waals surface area contributed by atoms with E-state index in [0.29, 0.717) is 22.1 Å². The van der Waals surface area contributed by atoms with Crippen LogP contribution in [0.15, 0.2) is 18.2 Å². The van der Waals surface area contributed by atoms with Crippen LogP contribution in [-0.4, -0.2) is 24.2 Å². The van der Waals surface area contributed by atoms with Crippen molar-refractivity contribution in [1.29, 1.82) is 0 Å². The summed E-state index contributed by atoms with van der Waals surface area (Å²) in [7, 11) is 0. The molecule has 106 valence electrons. The van der Waals surface area contributed by atoms with E-state index in [1.165, 1.54) is 11.3 Å². The molecule has 1 amide bonds. The fraction of sp³-hybridized carbons (Fsp3) is 0.357. The van der Waals surface area contributed by atoms with Crippen LogP contribution in [0, 0.1) is 5.41 Å². The number of hydrogen-bond donors (Lipinski definition) is 3. The first-order valence-electron chi connectivity index (χ1n) is 6.42. The predicted octanol–water partition coefficient (Wildman–Crippen LogP) is 2.64. The van der Waals surface area contributed by atoms with Crippen LogP contribution in [0.4, 0.5) is 5.69 Å². The molecule has 2 aromatic rings. The number of rotatable bonds is 4. The molecule has 0 unspecified atom stereocenters. The summed E-state index contributed by atoms with van der Waals surface area (Å²) < 4.78 is 0.906. The van der Waals surface area contributed by atoms with Gasteiger partial charge in [0.25, 0.3) is 5.91 Å². The molecule has 1 saturated carbocycles. The lowest BCUT2D eigenvalue weighted by molar-refractivity contribution is 0.0940. The van der Waals surface area contributed by atoms with E-state index < -0.39 is 0 Å². The Hall–Kier alpha value is -1.30. The maximum absolute atomic E-state index is 12.2. The van der Waals surface area contributed by atoms with Crippen LogP contribution in [0.25, 0.3) is 10.1 Å². The van der Waals surface area contributed by atoms with Gasteiger partial charge in [-0.15, -0.1) is 11.3 Å². The zero-order chi connectivity index (χ0) is 14.3. The molecule has 1 heterocycles. The summed E-state index contributed by atoms with van der Waals surface area (Å²) >= 11 is 7.47. The first kappa shape index (κ1) is 13.7. The molecule has 0 spiro atoms. The smallest absolute Gasteiger partial charge is 0.263 e. The van der Waals surface area contributed by atoms with E-state index in [4.69, 9.17) is 17.3 Å². The lowest BCUT2D eigenvalue weighted by Gasteiger charge is -2.12. The third kappa shape index (κ3) is 2.26. The quantitative estimate of drug-likeness (QED) is 0.812. The standard InChI is InChI=1S/C14H15ClN2O2S/c15-8-2-1-3-9-10(8)11(16)12(20-9)13(19)17-6-14(7-18)4-5-14/h1-3,18H,4-7,16H2,(H,17,19). The molecule has 3 rings (SSSR count). The third-order valence-electron chi connectivity index (χ3n) is 3.82. The number of fused-ring (bicyclic) bond motifs is 1. The van der Waals surface area contributed by atoms with Gasteiger partial charge in [-0.05, 0) is 25.0 Å². The first-order valence-corrected chi connectivity index (χ1v) is 7.61. The van der Waals surface area contributed by atoms with E-state index in [9.17, 15) is 9.90 Å². The fourth-order valence-electron chi connectivity index (χ4n) is 2.21. The summed E-state index contributed by atoms with van der Waals surface area (Å²) in [6.07, 6.45) is 1.91. The lowest BCUT2D eigenvalue weighted by atomic mass is 10.1. The highest BCUT2D eigenvalue weighted by Gasteiger charge is 2.42. The Bertz CT molecular complexity index is 679. The van der Waals surface area contributed by atoms with Crippen LogP contribution in [0.2, 0.25) is 5.02 Å². The second kappa shape index (κ2) is 4.91. The average Bonchev–Trinajstić information content (AvgIpc) is 3.15. The second-order valence-corrected chi connectivity index (χ2v) is 6.76. The molecule has 1 aromatic heterocycles. The molecule has 6 heteroatoms. The van der Waals surface area contributed by atoms with Crippen LogP contribution in [-0.2, 0) is 0 Å². The molecule has 4 nitrogen and oxygen atoms in total. The molecule has 0 radical (unpaired) electrons. The number of carbonyl (C=O) groups is 1. The van der Waals surface area contributed by atoms with E-state index in [-0.39, 0.29) is 17.9 Å². The van der Waals surface area contributed by atoms with Crippen LogP contribution in [0.5, 0.6) is 0 Å². The summed E-state index contributed by atoms with van der Waals surface area (Å²) in [6.45, 7) is 0.602. The van der Waals surface area contributed by atoms with E-state index in [1.807, 2.05) is 12.1 Å². The highest BCUT2D eigenvalue weighted by molar-refractivity contribution is 7.21. The molecule has 1 aliphatic carbocycles. The molecule has 0 aliphatic heterocycles. The van der Waals surface area contributed by atoms with Crippen LogP contribution in [0.1, 0.15) is 22.5 Å². The minimum Gasteiger partial charge on any atom is -0.397 e. The second-order valence-electron chi connectivity index (χ2n) is 5.30. The first-order chi connectivity index (χ1) is 9.56. The largest absolute Gasteiger partial charge is 0.397 e. The van der Waals surface area contributed by atoms with Gasteiger partial charge in [-0.2, -0.15) is 0 Å². The van der Waals surface area contributed by atoms with Crippen molar-refractivity contribution in [3.63, 3.8) is 0 Å². The van der Waals surface area contributed by atoms with Gasteiger partial charge in [0, 0.05) is 22.0 Å². The number of aliphatic hydroxyl groups excluding tert-OH is 1. The Labute approximate surface area is 125 Å². The normalized spacial score (nSPS) is 16.3. The minimum absolute atomic E-state index is 0.112. The highest BCUT2D eigenvalue weighted by atomic mass is 35.5. The number of hydrogen-bond acceptors (Lipinski definition) is 4. The molecular weight excluding hydrogens is 296 g/mol. The van der Waals surface area contributed by atoms with Gasteiger partial charge in [0.15, 0.2) is 0 Å². The maximum Gasteiger partial charge on any atom is 0.263 e. The van der Waals surface area contributed by atoms with E-state index in [0.717, 1.165) is 22.9 Å². The van der Waals surface area contributed by atoms with Gasteiger partial charge in [0.1, 0.15) is 4.88 Å². The number of aliphatic hydroxyl groups is 1. The topological polar surface area (TPSA) is 75.4 Å². The lowest BCUT2D eigenvalue weighted by Crippen LogP contribution is -2.31. The van der Waals surface area contributed by atoms with Gasteiger partial charge in [0.2, 0.25) is 0 Å². The average molecular weight is 311 g/mol. The number of amides is 1. The molecule has 1 aromatic carbocycles. The Morgan fingerprint density at radius 2 is 2.25 bits per heavy atom. The number of nitrogens with one attached hydrogen (secondary N) is 1. The van der Waals surface area contributed by atoms with Crippen molar-refractivity contribution in [3.8, 4) is 0 Å². The number of thiophene rings is 1. The van der Waals surface area contributed by atoms with Gasteiger partial charge in [-0.3, -0.25) is 4.79 Å². The van der Waals surface area contributed by atoms with Crippen LogP contribution >= 0.6 is 22.9 Å². The zero-order valence-electron chi connectivity index (χ0n) is 10.8. The Balaban J connectivity index is 1.85. The number of benzene rings is 1. The molecule has 1 aliphatic rings. The SMILES string of the molecule is Nc1c(C(=O)NCC2(CO)CC2)sc2cccc(Cl)c12. The van der Waals surface area contributed by atoms with Crippen molar-refractivity contribution in [1.82, 2.24) is 5.32 Å². The molecule has 0 bridgehead atoms. The number of halogens is 1. The monoisotopic (exact) mass is 310 g/mol. The van der Waals surface area contributed by atoms with Crippen LogP contribution in [0.3, 0.4) is 0 Å². The molecule has 1 fully saturated rings. The number of nitrogen functional groups attached to an aromatic ring is 1. The van der Waals surface area contributed by atoms with E-state index in [1.54, 1.807) is 6.07 Å². The summed E-state index contributed by atoms with van der Waals surface area (Å²) in [5.74, 6) is -0.195. The number of carbonyl (C=O) groups excluding carboxylic acids is 1. The van der Waals surface area contributed by atoms with Crippen LogP contribution < -0.4 is 11.1 Å². The van der Waals surface area contributed by atoms with Gasteiger partial charge < -0.3 is 16.2 Å². The number of nitrogens with two attached hydrogens (primary N) is 1. The van der Waals surface area contributed by atoms with Crippen molar-refractivity contribution in [2.24, 2.45) is 5.41 Å². The predicted molar refractivity (Wildman–Crippen MR) is 82.3 cm³/mol. The minimum atomic E-state index is -0.195. The van der Waals surface area contributed by atoms with Gasteiger partial charge in [-0.25, -0.2) is 0 Å².